The topological polar surface area (TPSA) is 71.4 Å². The molecule has 1 fully saturated rings. The molecule has 1 N–H and O–H groups in total. The Hall–Kier alpha value is -2.14. The van der Waals surface area contributed by atoms with E-state index in [0.29, 0.717) is 31.3 Å². The van der Waals surface area contributed by atoms with Crippen molar-refractivity contribution in [1.82, 2.24) is 0 Å². The Morgan fingerprint density at radius 2 is 1.92 bits per heavy atom. The zero-order chi connectivity index (χ0) is 19.2. The molecule has 0 amide bonds. The van der Waals surface area contributed by atoms with Crippen molar-refractivity contribution in [3.05, 3.63) is 66.8 Å². The van der Waals surface area contributed by atoms with Crippen LogP contribution in [-0.2, 0) is 14.6 Å². The van der Waals surface area contributed by atoms with Gasteiger partial charge in [-0.05, 0) is 50.3 Å². The molecule has 0 aliphatic heterocycles. The minimum absolute atomic E-state index is 0.272. The molecule has 26 heavy (non-hydrogen) atoms. The van der Waals surface area contributed by atoms with E-state index in [4.69, 9.17) is 0 Å². The van der Waals surface area contributed by atoms with Gasteiger partial charge in [0, 0.05) is 0 Å². The summed E-state index contributed by atoms with van der Waals surface area (Å²) in [6.45, 7) is 5.57. The monoisotopic (exact) mass is 374 g/mol. The van der Waals surface area contributed by atoms with Crippen molar-refractivity contribution in [1.29, 1.82) is 0 Å². The molecule has 0 saturated heterocycles. The first-order chi connectivity index (χ1) is 12.4. The summed E-state index contributed by atoms with van der Waals surface area (Å²) in [5.41, 5.74) is 0.671. The molecule has 2 atom stereocenters. The molecular formula is C21H26O4S. The van der Waals surface area contributed by atoms with Gasteiger partial charge < -0.3 is 5.11 Å². The quantitative estimate of drug-likeness (QED) is 0.585. The van der Waals surface area contributed by atoms with E-state index in [2.05, 4.69) is 6.58 Å². The van der Waals surface area contributed by atoms with Crippen LogP contribution < -0.4 is 0 Å². The van der Waals surface area contributed by atoms with Gasteiger partial charge >= 0.3 is 5.97 Å². The number of benzene rings is 1. The summed E-state index contributed by atoms with van der Waals surface area (Å²) >= 11 is 0. The zero-order valence-electron chi connectivity index (χ0n) is 15.1. The number of hydrogen-bond donors (Lipinski definition) is 1. The standard InChI is InChI=1S/C21H26O4S/c1-3-9-18(10-4-2)21(15-8-11-17(14-16-21)20(22)23)26(24,25)19-12-6-5-7-13-19/h3-7,9-10,12-13,17H,1,8,11,14-16H2,2H3,(H,22,23)/b10-4-,18-9+. The molecule has 1 saturated carbocycles. The summed E-state index contributed by atoms with van der Waals surface area (Å²) in [5.74, 6) is -1.35. The highest BCUT2D eigenvalue weighted by Gasteiger charge is 2.48. The van der Waals surface area contributed by atoms with Crippen molar-refractivity contribution >= 4 is 15.8 Å². The highest BCUT2D eigenvalue weighted by Crippen LogP contribution is 2.45. The Balaban J connectivity index is 2.65. The number of carboxylic acids is 1. The van der Waals surface area contributed by atoms with Crippen LogP contribution in [0.3, 0.4) is 0 Å². The summed E-state index contributed by atoms with van der Waals surface area (Å²) in [7, 11) is -3.70. The van der Waals surface area contributed by atoms with Crippen molar-refractivity contribution < 1.29 is 18.3 Å². The number of sulfone groups is 1. The van der Waals surface area contributed by atoms with Crippen molar-refractivity contribution in [2.45, 2.75) is 48.7 Å². The summed E-state index contributed by atoms with van der Waals surface area (Å²) in [6, 6.07) is 8.43. The van der Waals surface area contributed by atoms with Gasteiger partial charge in [-0.15, -0.1) is 0 Å². The van der Waals surface area contributed by atoms with Gasteiger partial charge in [0.15, 0.2) is 9.84 Å². The Morgan fingerprint density at radius 3 is 2.50 bits per heavy atom. The molecule has 1 aromatic carbocycles. The summed E-state index contributed by atoms with van der Waals surface area (Å²) in [5, 5.41) is 9.40. The first kappa shape index (κ1) is 20.2. The lowest BCUT2D eigenvalue weighted by atomic mass is 9.89. The fraction of sp³-hybridized carbons (Fsp3) is 0.381. The van der Waals surface area contributed by atoms with Gasteiger partial charge in [0.2, 0.25) is 0 Å². The lowest BCUT2D eigenvalue weighted by Gasteiger charge is -2.34. The maximum atomic E-state index is 13.7. The Kier molecular flexibility index (Phi) is 6.59. The van der Waals surface area contributed by atoms with Crippen LogP contribution in [0, 0.1) is 5.92 Å². The molecule has 0 spiro atoms. The minimum atomic E-state index is -3.70. The van der Waals surface area contributed by atoms with Crippen LogP contribution in [0.15, 0.2) is 71.7 Å². The SMILES string of the molecule is C=C/C=C(\C=C/C)C1(S(=O)(=O)c2ccccc2)CCCC(C(=O)O)CC1. The van der Waals surface area contributed by atoms with Gasteiger partial charge in [-0.25, -0.2) is 8.42 Å². The lowest BCUT2D eigenvalue weighted by molar-refractivity contribution is -0.142. The molecule has 0 heterocycles. The van der Waals surface area contributed by atoms with Crippen molar-refractivity contribution in [3.63, 3.8) is 0 Å². The molecule has 4 nitrogen and oxygen atoms in total. The fourth-order valence-corrected chi connectivity index (χ4v) is 5.97. The van der Waals surface area contributed by atoms with Crippen LogP contribution in [0.25, 0.3) is 0 Å². The van der Waals surface area contributed by atoms with Gasteiger partial charge in [0.1, 0.15) is 4.75 Å². The van der Waals surface area contributed by atoms with Crippen molar-refractivity contribution in [2.75, 3.05) is 0 Å². The molecule has 0 aromatic heterocycles. The molecule has 1 aliphatic carbocycles. The highest BCUT2D eigenvalue weighted by molar-refractivity contribution is 7.93. The van der Waals surface area contributed by atoms with Crippen LogP contribution in [-0.4, -0.2) is 24.2 Å². The Bertz CT molecular complexity index is 806. The van der Waals surface area contributed by atoms with Gasteiger partial charge in [-0.3, -0.25) is 4.79 Å². The number of carbonyl (C=O) groups is 1. The number of allylic oxidation sites excluding steroid dienone is 4. The normalized spacial score (nSPS) is 25.0. The second-order valence-corrected chi connectivity index (χ2v) is 8.89. The molecule has 2 rings (SSSR count). The van der Waals surface area contributed by atoms with E-state index in [-0.39, 0.29) is 11.3 Å². The number of hydrogen-bond acceptors (Lipinski definition) is 3. The third-order valence-corrected chi connectivity index (χ3v) is 7.68. The largest absolute Gasteiger partial charge is 0.481 e. The van der Waals surface area contributed by atoms with E-state index in [1.807, 2.05) is 19.1 Å². The first-order valence-corrected chi connectivity index (χ1v) is 10.4. The smallest absolute Gasteiger partial charge is 0.306 e. The third-order valence-electron chi connectivity index (χ3n) is 5.12. The molecule has 0 radical (unpaired) electrons. The second-order valence-electron chi connectivity index (χ2n) is 6.63. The third kappa shape index (κ3) is 3.83. The van der Waals surface area contributed by atoms with Gasteiger partial charge in [-0.2, -0.15) is 0 Å². The predicted molar refractivity (Wildman–Crippen MR) is 104 cm³/mol. The van der Waals surface area contributed by atoms with Crippen molar-refractivity contribution in [3.8, 4) is 0 Å². The Morgan fingerprint density at radius 1 is 1.23 bits per heavy atom. The van der Waals surface area contributed by atoms with Crippen LogP contribution in [0.5, 0.6) is 0 Å². The zero-order valence-corrected chi connectivity index (χ0v) is 15.9. The molecule has 1 aliphatic rings. The second kappa shape index (κ2) is 8.49. The maximum absolute atomic E-state index is 13.7. The van der Waals surface area contributed by atoms with Gasteiger partial charge in [0.05, 0.1) is 10.8 Å². The van der Waals surface area contributed by atoms with Crippen LogP contribution in [0.2, 0.25) is 0 Å². The number of carboxylic acid groups (broad SMARTS) is 1. The van der Waals surface area contributed by atoms with E-state index < -0.39 is 26.5 Å². The molecule has 1 aromatic rings. The van der Waals surface area contributed by atoms with Crippen LogP contribution in [0.4, 0.5) is 0 Å². The Labute approximate surface area is 155 Å². The van der Waals surface area contributed by atoms with E-state index >= 15 is 0 Å². The summed E-state index contributed by atoms with van der Waals surface area (Å²) < 4.78 is 26.2. The van der Waals surface area contributed by atoms with E-state index in [9.17, 15) is 18.3 Å². The average Bonchev–Trinajstić information content (AvgIpc) is 2.86. The number of aliphatic carboxylic acids is 1. The van der Waals surface area contributed by atoms with Gasteiger partial charge in [0.25, 0.3) is 0 Å². The number of rotatable bonds is 6. The van der Waals surface area contributed by atoms with Gasteiger partial charge in [-0.1, -0.05) is 55.5 Å². The van der Waals surface area contributed by atoms with E-state index in [0.717, 1.165) is 0 Å². The molecule has 2 unspecified atom stereocenters. The van der Waals surface area contributed by atoms with E-state index in [1.54, 1.807) is 42.5 Å². The molecule has 5 heteroatoms. The van der Waals surface area contributed by atoms with E-state index in [1.165, 1.54) is 0 Å². The molecular weight excluding hydrogens is 348 g/mol. The van der Waals surface area contributed by atoms with Crippen molar-refractivity contribution in [2.24, 2.45) is 5.92 Å². The predicted octanol–water partition coefficient (Wildman–Crippen LogP) is 4.55. The summed E-state index contributed by atoms with van der Waals surface area (Å²) in [4.78, 5) is 11.7. The maximum Gasteiger partial charge on any atom is 0.306 e. The molecule has 140 valence electrons. The fourth-order valence-electron chi connectivity index (χ4n) is 3.76. The molecule has 0 bridgehead atoms. The van der Waals surface area contributed by atoms with Crippen LogP contribution in [0.1, 0.15) is 39.0 Å². The summed E-state index contributed by atoms with van der Waals surface area (Å²) in [6.07, 6.45) is 9.03. The highest BCUT2D eigenvalue weighted by atomic mass is 32.2. The average molecular weight is 375 g/mol. The first-order valence-electron chi connectivity index (χ1n) is 8.87. The van der Waals surface area contributed by atoms with Crippen LogP contribution >= 0.6 is 0 Å². The lowest BCUT2D eigenvalue weighted by Crippen LogP contribution is -2.40. The minimum Gasteiger partial charge on any atom is -0.481 e.